The zero-order chi connectivity index (χ0) is 13.7. The number of nitrogens with one attached hydrogen (secondary N) is 2. The summed E-state index contributed by atoms with van der Waals surface area (Å²) in [5.74, 6) is 1.37. The van der Waals surface area contributed by atoms with E-state index in [2.05, 4.69) is 22.2 Å². The van der Waals surface area contributed by atoms with Gasteiger partial charge in [0.2, 0.25) is 5.91 Å². The first-order chi connectivity index (χ1) is 9.26. The maximum absolute atomic E-state index is 12.4. The molecule has 1 saturated carbocycles. The summed E-state index contributed by atoms with van der Waals surface area (Å²) in [6.45, 7) is 2.66. The summed E-state index contributed by atoms with van der Waals surface area (Å²) in [6, 6.07) is -0.0251. The van der Waals surface area contributed by atoms with Crippen LogP contribution in [0.1, 0.15) is 50.9 Å². The van der Waals surface area contributed by atoms with Crippen molar-refractivity contribution in [3.63, 3.8) is 0 Å². The largest absolute Gasteiger partial charge is 0.347 e. The quantitative estimate of drug-likeness (QED) is 0.757. The number of amides is 1. The van der Waals surface area contributed by atoms with Gasteiger partial charge in [-0.3, -0.25) is 4.79 Å². The Kier molecular flexibility index (Phi) is 4.96. The maximum atomic E-state index is 12.4. The standard InChI is InChI=1S/C14H24N4O/c1-2-12(13-16-7-8-17-13)18-14(19)11-6-4-3-5-10(11)9-15/h7-8,10-12H,2-6,9,15H2,1H3,(H,16,17)(H,18,19). The van der Waals surface area contributed by atoms with Crippen LogP contribution in [0.2, 0.25) is 0 Å². The Morgan fingerprint density at radius 3 is 3.00 bits per heavy atom. The number of nitrogens with two attached hydrogens (primary N) is 1. The molecular weight excluding hydrogens is 240 g/mol. The first-order valence-corrected chi connectivity index (χ1v) is 7.26. The molecule has 3 unspecified atom stereocenters. The first-order valence-electron chi connectivity index (χ1n) is 7.26. The van der Waals surface area contributed by atoms with E-state index in [-0.39, 0.29) is 17.9 Å². The van der Waals surface area contributed by atoms with E-state index in [0.717, 1.165) is 31.5 Å². The van der Waals surface area contributed by atoms with E-state index in [0.29, 0.717) is 12.5 Å². The summed E-state index contributed by atoms with van der Waals surface area (Å²) in [7, 11) is 0. The molecular formula is C14H24N4O. The molecule has 106 valence electrons. The van der Waals surface area contributed by atoms with Gasteiger partial charge in [0.05, 0.1) is 6.04 Å². The number of imidazole rings is 1. The molecule has 4 N–H and O–H groups in total. The van der Waals surface area contributed by atoms with Crippen LogP contribution in [0, 0.1) is 11.8 Å². The Bertz CT molecular complexity index is 390. The van der Waals surface area contributed by atoms with Gasteiger partial charge in [-0.25, -0.2) is 4.98 Å². The number of carbonyl (C=O) groups is 1. The van der Waals surface area contributed by atoms with Crippen LogP contribution in [-0.4, -0.2) is 22.4 Å². The van der Waals surface area contributed by atoms with Gasteiger partial charge in [0, 0.05) is 18.3 Å². The van der Waals surface area contributed by atoms with Gasteiger partial charge in [0.25, 0.3) is 0 Å². The average Bonchev–Trinajstić information content (AvgIpc) is 2.98. The Labute approximate surface area is 114 Å². The number of hydrogen-bond donors (Lipinski definition) is 3. The fraction of sp³-hybridized carbons (Fsp3) is 0.714. The number of nitrogens with zero attached hydrogens (tertiary/aromatic N) is 1. The second kappa shape index (κ2) is 6.70. The van der Waals surface area contributed by atoms with Gasteiger partial charge < -0.3 is 16.0 Å². The third-order valence-electron chi connectivity index (χ3n) is 4.12. The van der Waals surface area contributed by atoms with Crippen molar-refractivity contribution in [1.82, 2.24) is 15.3 Å². The van der Waals surface area contributed by atoms with Gasteiger partial charge in [0.1, 0.15) is 5.82 Å². The van der Waals surface area contributed by atoms with Crippen LogP contribution in [-0.2, 0) is 4.79 Å². The lowest BCUT2D eigenvalue weighted by Crippen LogP contribution is -2.41. The fourth-order valence-corrected chi connectivity index (χ4v) is 2.95. The number of H-pyrrole nitrogens is 1. The highest BCUT2D eigenvalue weighted by atomic mass is 16.2. The maximum Gasteiger partial charge on any atom is 0.224 e. The molecule has 1 heterocycles. The molecule has 1 aliphatic rings. The third kappa shape index (κ3) is 3.35. The normalized spacial score (nSPS) is 24.9. The lowest BCUT2D eigenvalue weighted by atomic mass is 9.78. The van der Waals surface area contributed by atoms with E-state index in [1.165, 1.54) is 6.42 Å². The van der Waals surface area contributed by atoms with E-state index in [1.807, 2.05) is 0 Å². The molecule has 1 amide bonds. The lowest BCUT2D eigenvalue weighted by molar-refractivity contribution is -0.128. The van der Waals surface area contributed by atoms with E-state index in [4.69, 9.17) is 5.73 Å². The summed E-state index contributed by atoms with van der Waals surface area (Å²) < 4.78 is 0. The average molecular weight is 264 g/mol. The zero-order valence-corrected chi connectivity index (χ0v) is 11.6. The molecule has 0 saturated heterocycles. The van der Waals surface area contributed by atoms with Crippen molar-refractivity contribution in [3.05, 3.63) is 18.2 Å². The molecule has 0 spiro atoms. The highest BCUT2D eigenvalue weighted by Gasteiger charge is 2.31. The number of carbonyl (C=O) groups excluding carboxylic acids is 1. The van der Waals surface area contributed by atoms with Crippen LogP contribution in [0.15, 0.2) is 12.4 Å². The molecule has 1 aromatic rings. The summed E-state index contributed by atoms with van der Waals surface area (Å²) >= 11 is 0. The van der Waals surface area contributed by atoms with Crippen molar-refractivity contribution < 1.29 is 4.79 Å². The van der Waals surface area contributed by atoms with Crippen LogP contribution in [0.3, 0.4) is 0 Å². The molecule has 1 aromatic heterocycles. The summed E-state index contributed by atoms with van der Waals surface area (Å²) in [4.78, 5) is 19.7. The summed E-state index contributed by atoms with van der Waals surface area (Å²) in [5, 5.41) is 3.11. The molecule has 5 heteroatoms. The third-order valence-corrected chi connectivity index (χ3v) is 4.12. The number of rotatable bonds is 5. The molecule has 2 rings (SSSR count). The second-order valence-electron chi connectivity index (χ2n) is 5.33. The van der Waals surface area contributed by atoms with Gasteiger partial charge in [-0.2, -0.15) is 0 Å². The van der Waals surface area contributed by atoms with Crippen LogP contribution >= 0.6 is 0 Å². The SMILES string of the molecule is CCC(NC(=O)C1CCCCC1CN)c1ncc[nH]1. The molecule has 0 radical (unpaired) electrons. The minimum atomic E-state index is -0.0251. The van der Waals surface area contributed by atoms with Gasteiger partial charge in [-0.15, -0.1) is 0 Å². The Morgan fingerprint density at radius 1 is 1.58 bits per heavy atom. The Hall–Kier alpha value is -1.36. The minimum absolute atomic E-state index is 0.0251. The van der Waals surface area contributed by atoms with E-state index in [9.17, 15) is 4.79 Å². The van der Waals surface area contributed by atoms with Gasteiger partial charge >= 0.3 is 0 Å². The van der Waals surface area contributed by atoms with E-state index >= 15 is 0 Å². The first kappa shape index (κ1) is 14.1. The van der Waals surface area contributed by atoms with Crippen LogP contribution < -0.4 is 11.1 Å². The molecule has 1 fully saturated rings. The summed E-state index contributed by atoms with van der Waals surface area (Å²) in [5.41, 5.74) is 5.79. The Balaban J connectivity index is 1.98. The lowest BCUT2D eigenvalue weighted by Gasteiger charge is -2.30. The number of aromatic amines is 1. The summed E-state index contributed by atoms with van der Waals surface area (Å²) in [6.07, 6.45) is 8.70. The molecule has 0 aromatic carbocycles. The van der Waals surface area contributed by atoms with Crippen molar-refractivity contribution in [2.75, 3.05) is 6.54 Å². The molecule has 3 atom stereocenters. The van der Waals surface area contributed by atoms with E-state index in [1.54, 1.807) is 12.4 Å². The highest BCUT2D eigenvalue weighted by Crippen LogP contribution is 2.30. The zero-order valence-electron chi connectivity index (χ0n) is 11.6. The van der Waals surface area contributed by atoms with Crippen molar-refractivity contribution in [2.45, 2.75) is 45.1 Å². The smallest absolute Gasteiger partial charge is 0.224 e. The van der Waals surface area contributed by atoms with E-state index < -0.39 is 0 Å². The van der Waals surface area contributed by atoms with Crippen molar-refractivity contribution in [2.24, 2.45) is 17.6 Å². The monoisotopic (exact) mass is 264 g/mol. The molecule has 5 nitrogen and oxygen atoms in total. The fourth-order valence-electron chi connectivity index (χ4n) is 2.95. The predicted octanol–water partition coefficient (Wildman–Crippen LogP) is 1.74. The molecule has 0 aliphatic heterocycles. The number of hydrogen-bond acceptors (Lipinski definition) is 3. The van der Waals surface area contributed by atoms with Crippen molar-refractivity contribution >= 4 is 5.91 Å². The second-order valence-corrected chi connectivity index (χ2v) is 5.33. The van der Waals surface area contributed by atoms with Crippen LogP contribution in [0.25, 0.3) is 0 Å². The van der Waals surface area contributed by atoms with Crippen molar-refractivity contribution in [1.29, 1.82) is 0 Å². The molecule has 19 heavy (non-hydrogen) atoms. The minimum Gasteiger partial charge on any atom is -0.347 e. The van der Waals surface area contributed by atoms with Gasteiger partial charge in [-0.05, 0) is 31.7 Å². The molecule has 1 aliphatic carbocycles. The topological polar surface area (TPSA) is 83.8 Å². The Morgan fingerprint density at radius 2 is 2.37 bits per heavy atom. The van der Waals surface area contributed by atoms with Gasteiger partial charge in [0.15, 0.2) is 0 Å². The number of aromatic nitrogens is 2. The molecule has 0 bridgehead atoms. The van der Waals surface area contributed by atoms with Crippen molar-refractivity contribution in [3.8, 4) is 0 Å². The van der Waals surface area contributed by atoms with Crippen LogP contribution in [0.5, 0.6) is 0 Å². The highest BCUT2D eigenvalue weighted by molar-refractivity contribution is 5.79. The predicted molar refractivity (Wildman–Crippen MR) is 74.3 cm³/mol. The van der Waals surface area contributed by atoms with Crippen LogP contribution in [0.4, 0.5) is 0 Å². The van der Waals surface area contributed by atoms with Gasteiger partial charge in [-0.1, -0.05) is 19.8 Å².